The van der Waals surface area contributed by atoms with E-state index in [1.165, 1.54) is 6.07 Å². The minimum absolute atomic E-state index is 0. The van der Waals surface area contributed by atoms with Crippen molar-refractivity contribution in [2.24, 2.45) is 0 Å². The van der Waals surface area contributed by atoms with Gasteiger partial charge >= 0.3 is 6.18 Å². The van der Waals surface area contributed by atoms with Crippen LogP contribution in [0.1, 0.15) is 34.7 Å². The molecule has 5 heterocycles. The van der Waals surface area contributed by atoms with E-state index < -0.39 is 11.7 Å². The van der Waals surface area contributed by atoms with Gasteiger partial charge in [-0.05, 0) is 36.9 Å². The number of hydrogen-bond donors (Lipinski definition) is 0. The summed E-state index contributed by atoms with van der Waals surface area (Å²) in [6, 6.07) is 11.6. The van der Waals surface area contributed by atoms with Gasteiger partial charge in [-0.2, -0.15) is 18.3 Å². The highest BCUT2D eigenvalue weighted by Gasteiger charge is 2.30. The summed E-state index contributed by atoms with van der Waals surface area (Å²) < 4.78 is 48.0. The third-order valence-electron chi connectivity index (χ3n) is 7.64. The van der Waals surface area contributed by atoms with Crippen molar-refractivity contribution in [1.82, 2.24) is 33.9 Å². The van der Waals surface area contributed by atoms with Crippen molar-refractivity contribution in [3.63, 3.8) is 0 Å². The maximum Gasteiger partial charge on any atom is 0.417 e. The SMILES string of the molecule is C.CN1CCN(CCOc2ccn3c(C(=O)Cc4cccc5c4cnn5Cc4ccc(C(F)(F)F)cn4)cnc3c2)CC1. The molecular weight excluding hydrogens is 559 g/mol. The van der Waals surface area contributed by atoms with E-state index in [0.29, 0.717) is 29.4 Å². The standard InChI is InChI=1S/C30H30F3N7O2.CH4/c1-37-9-11-38(12-10-37)13-14-42-24-7-8-39-27(19-35-29(39)16-24)28(41)15-21-3-2-4-26-25(21)18-36-40(26)20-23-6-5-22(17-34-23)30(31,32)33;/h2-8,16-19H,9-15,20H2,1H3;1H4. The first-order valence-electron chi connectivity index (χ1n) is 13.7. The van der Waals surface area contributed by atoms with Crippen LogP contribution in [0, 0.1) is 0 Å². The Labute approximate surface area is 247 Å². The van der Waals surface area contributed by atoms with Crippen molar-refractivity contribution in [2.45, 2.75) is 26.6 Å². The van der Waals surface area contributed by atoms with Gasteiger partial charge in [-0.1, -0.05) is 19.6 Å². The van der Waals surface area contributed by atoms with Crippen LogP contribution in [0.3, 0.4) is 0 Å². The van der Waals surface area contributed by atoms with E-state index in [4.69, 9.17) is 4.74 Å². The lowest BCUT2D eigenvalue weighted by molar-refractivity contribution is -0.137. The number of pyridine rings is 2. The maximum atomic E-state index is 13.4. The number of aromatic nitrogens is 5. The number of Topliss-reactive ketones (excluding diaryl/α,β-unsaturated/α-hetero) is 1. The number of imidazole rings is 1. The Kier molecular flexibility index (Phi) is 8.79. The largest absolute Gasteiger partial charge is 0.492 e. The minimum Gasteiger partial charge on any atom is -0.492 e. The number of benzene rings is 1. The predicted molar refractivity (Wildman–Crippen MR) is 157 cm³/mol. The van der Waals surface area contributed by atoms with Gasteiger partial charge in [0, 0.05) is 63.0 Å². The number of piperazine rings is 1. The van der Waals surface area contributed by atoms with E-state index in [9.17, 15) is 18.0 Å². The van der Waals surface area contributed by atoms with Crippen LogP contribution < -0.4 is 4.74 Å². The number of carbonyl (C=O) groups is 1. The van der Waals surface area contributed by atoms with E-state index in [1.807, 2.05) is 30.3 Å². The Balaban J connectivity index is 0.00000368. The van der Waals surface area contributed by atoms with Gasteiger partial charge in [0.15, 0.2) is 5.78 Å². The second-order valence-electron chi connectivity index (χ2n) is 10.5. The fourth-order valence-electron chi connectivity index (χ4n) is 5.17. The van der Waals surface area contributed by atoms with Gasteiger partial charge in [-0.25, -0.2) is 4.98 Å². The lowest BCUT2D eigenvalue weighted by Gasteiger charge is -2.32. The topological polar surface area (TPSA) is 80.8 Å². The average molecular weight is 594 g/mol. The molecule has 0 bridgehead atoms. The van der Waals surface area contributed by atoms with Gasteiger partial charge in [0.1, 0.15) is 23.7 Å². The number of halogens is 3. The summed E-state index contributed by atoms with van der Waals surface area (Å²) in [5.74, 6) is 0.608. The van der Waals surface area contributed by atoms with E-state index >= 15 is 0 Å². The lowest BCUT2D eigenvalue weighted by atomic mass is 10.0. The highest BCUT2D eigenvalue weighted by Crippen LogP contribution is 2.29. The molecule has 9 nitrogen and oxygen atoms in total. The van der Waals surface area contributed by atoms with E-state index in [1.54, 1.807) is 27.7 Å². The molecule has 4 aromatic heterocycles. The molecule has 12 heteroatoms. The zero-order valence-corrected chi connectivity index (χ0v) is 23.1. The van der Waals surface area contributed by atoms with Crippen molar-refractivity contribution in [3.8, 4) is 5.75 Å². The van der Waals surface area contributed by atoms with Gasteiger partial charge in [0.05, 0.1) is 35.7 Å². The fourth-order valence-corrected chi connectivity index (χ4v) is 5.17. The van der Waals surface area contributed by atoms with Gasteiger partial charge in [-0.15, -0.1) is 0 Å². The average Bonchev–Trinajstić information content (AvgIpc) is 3.59. The first-order chi connectivity index (χ1) is 20.2. The number of hydrogen-bond acceptors (Lipinski definition) is 7. The van der Waals surface area contributed by atoms with E-state index in [0.717, 1.165) is 61.5 Å². The number of nitrogens with zero attached hydrogens (tertiary/aromatic N) is 7. The number of ketones is 1. The summed E-state index contributed by atoms with van der Waals surface area (Å²) in [5, 5.41) is 5.21. The first kappa shape index (κ1) is 30.2. The van der Waals surface area contributed by atoms with Crippen molar-refractivity contribution >= 4 is 22.3 Å². The molecule has 0 atom stereocenters. The van der Waals surface area contributed by atoms with E-state index in [2.05, 4.69) is 31.9 Å². The molecule has 5 aromatic rings. The zero-order chi connectivity index (χ0) is 29.3. The molecule has 0 spiro atoms. The Bertz CT molecular complexity index is 1700. The molecular formula is C31H34F3N7O2. The third kappa shape index (κ3) is 6.70. The van der Waals surface area contributed by atoms with Crippen molar-refractivity contribution in [2.75, 3.05) is 46.4 Å². The quantitative estimate of drug-likeness (QED) is 0.227. The zero-order valence-electron chi connectivity index (χ0n) is 23.1. The van der Waals surface area contributed by atoms with Crippen molar-refractivity contribution in [3.05, 3.63) is 89.8 Å². The van der Waals surface area contributed by atoms with Crippen LogP contribution in [0.4, 0.5) is 13.2 Å². The van der Waals surface area contributed by atoms with Crippen LogP contribution in [0.25, 0.3) is 16.6 Å². The first-order valence-corrected chi connectivity index (χ1v) is 13.7. The molecule has 0 radical (unpaired) electrons. The number of ether oxygens (including phenoxy) is 1. The summed E-state index contributed by atoms with van der Waals surface area (Å²) in [4.78, 5) is 26.5. The lowest BCUT2D eigenvalue weighted by Crippen LogP contribution is -2.45. The fraction of sp³-hybridized carbons (Fsp3) is 0.355. The Morgan fingerprint density at radius 2 is 1.81 bits per heavy atom. The summed E-state index contributed by atoms with van der Waals surface area (Å²) in [6.07, 6.45) is 1.57. The molecule has 0 unspecified atom stereocenters. The monoisotopic (exact) mass is 593 g/mol. The van der Waals surface area contributed by atoms with Crippen LogP contribution in [0.5, 0.6) is 5.75 Å². The smallest absolute Gasteiger partial charge is 0.417 e. The molecule has 1 aliphatic rings. The number of likely N-dealkylation sites (N-methyl/N-ethyl adjacent to an activating group) is 1. The highest BCUT2D eigenvalue weighted by molar-refractivity contribution is 5.99. The van der Waals surface area contributed by atoms with E-state index in [-0.39, 0.29) is 26.2 Å². The van der Waals surface area contributed by atoms with Crippen molar-refractivity contribution in [1.29, 1.82) is 0 Å². The van der Waals surface area contributed by atoms with Crippen molar-refractivity contribution < 1.29 is 22.7 Å². The van der Waals surface area contributed by atoms with Crippen LogP contribution in [0.2, 0.25) is 0 Å². The number of rotatable bonds is 9. The number of alkyl halides is 3. The summed E-state index contributed by atoms with van der Waals surface area (Å²) in [7, 11) is 2.13. The third-order valence-corrected chi connectivity index (χ3v) is 7.64. The molecule has 226 valence electrons. The van der Waals surface area contributed by atoms with Crippen LogP contribution in [0.15, 0.2) is 67.3 Å². The van der Waals surface area contributed by atoms with Crippen LogP contribution in [-0.4, -0.2) is 86.1 Å². The van der Waals surface area contributed by atoms with Gasteiger partial charge < -0.3 is 9.64 Å². The number of fused-ring (bicyclic) bond motifs is 2. The molecule has 6 rings (SSSR count). The summed E-state index contributed by atoms with van der Waals surface area (Å²) >= 11 is 0. The summed E-state index contributed by atoms with van der Waals surface area (Å²) in [5.41, 5.74) is 2.30. The molecule has 0 amide bonds. The van der Waals surface area contributed by atoms with Crippen LogP contribution in [-0.2, 0) is 19.1 Å². The van der Waals surface area contributed by atoms with Gasteiger partial charge in [0.25, 0.3) is 0 Å². The second kappa shape index (κ2) is 12.5. The Hall–Kier alpha value is -4.29. The second-order valence-corrected chi connectivity index (χ2v) is 10.5. The molecule has 43 heavy (non-hydrogen) atoms. The molecule has 1 aliphatic heterocycles. The maximum absolute atomic E-state index is 13.4. The van der Waals surface area contributed by atoms with Gasteiger partial charge in [-0.3, -0.25) is 23.8 Å². The number of carbonyl (C=O) groups excluding carboxylic acids is 1. The normalized spacial score (nSPS) is 14.7. The molecule has 0 aliphatic carbocycles. The molecule has 1 saturated heterocycles. The highest BCUT2D eigenvalue weighted by atomic mass is 19.4. The molecule has 1 fully saturated rings. The Morgan fingerprint density at radius 3 is 2.56 bits per heavy atom. The minimum atomic E-state index is -4.44. The van der Waals surface area contributed by atoms with Gasteiger partial charge in [0.2, 0.25) is 0 Å². The Morgan fingerprint density at radius 1 is 1.00 bits per heavy atom. The molecule has 0 saturated carbocycles. The molecule has 1 aromatic carbocycles. The molecule has 0 N–H and O–H groups in total. The van der Waals surface area contributed by atoms with Crippen LogP contribution >= 0.6 is 0 Å². The summed E-state index contributed by atoms with van der Waals surface area (Å²) in [6.45, 7) is 5.85. The predicted octanol–water partition coefficient (Wildman–Crippen LogP) is 4.83.